The normalized spacial score (nSPS) is 24.4. The molecule has 1 aromatic carbocycles. The third-order valence-electron chi connectivity index (χ3n) is 3.06. The van der Waals surface area contributed by atoms with Gasteiger partial charge in [-0.1, -0.05) is 11.6 Å². The molecule has 0 aromatic heterocycles. The monoisotopic (exact) mass is 254 g/mol. The van der Waals surface area contributed by atoms with Crippen LogP contribution in [0.15, 0.2) is 24.3 Å². The Morgan fingerprint density at radius 1 is 1.41 bits per heavy atom. The van der Waals surface area contributed by atoms with Gasteiger partial charge in [-0.15, -0.1) is 0 Å². The van der Waals surface area contributed by atoms with Crippen LogP contribution in [-0.2, 0) is 4.74 Å². The molecule has 2 unspecified atom stereocenters. The van der Waals surface area contributed by atoms with Crippen molar-refractivity contribution >= 4 is 17.6 Å². The van der Waals surface area contributed by atoms with Crippen molar-refractivity contribution in [3.8, 4) is 0 Å². The predicted octanol–water partition coefficient (Wildman–Crippen LogP) is 1.17. The van der Waals surface area contributed by atoms with Gasteiger partial charge in [-0.3, -0.25) is 0 Å². The second-order valence-corrected chi connectivity index (χ2v) is 5.02. The van der Waals surface area contributed by atoms with Crippen molar-refractivity contribution in [2.24, 2.45) is 0 Å². The van der Waals surface area contributed by atoms with Gasteiger partial charge < -0.3 is 9.64 Å². The van der Waals surface area contributed by atoms with Gasteiger partial charge in [0, 0.05) is 11.4 Å². The van der Waals surface area contributed by atoms with E-state index in [9.17, 15) is 4.79 Å². The van der Waals surface area contributed by atoms with Crippen LogP contribution in [0.25, 0.3) is 0 Å². The molecule has 1 aliphatic rings. The van der Waals surface area contributed by atoms with Crippen LogP contribution in [0.4, 0.5) is 0 Å². The average molecular weight is 255 g/mol. The maximum atomic E-state index is 11.9. The minimum absolute atomic E-state index is 0.0481. The zero-order valence-corrected chi connectivity index (χ0v) is 10.7. The van der Waals surface area contributed by atoms with E-state index >= 15 is 0 Å². The number of likely N-dealkylation sites (N-methyl/N-ethyl adjacent to an activating group) is 1. The molecular formula is C13H17ClNO2+. The van der Waals surface area contributed by atoms with E-state index in [0.717, 1.165) is 25.9 Å². The zero-order chi connectivity index (χ0) is 12.3. The summed E-state index contributed by atoms with van der Waals surface area (Å²) in [5, 5.41) is 0.628. The van der Waals surface area contributed by atoms with Crippen LogP contribution >= 0.6 is 11.6 Å². The van der Waals surface area contributed by atoms with Gasteiger partial charge in [-0.2, -0.15) is 0 Å². The van der Waals surface area contributed by atoms with Crippen molar-refractivity contribution in [1.82, 2.24) is 0 Å². The molecule has 1 aliphatic heterocycles. The highest BCUT2D eigenvalue weighted by Gasteiger charge is 2.24. The smallest absolute Gasteiger partial charge is 0.338 e. The van der Waals surface area contributed by atoms with Gasteiger partial charge in [0.2, 0.25) is 0 Å². The number of quaternary nitrogens is 1. The number of ether oxygens (including phenoxy) is 1. The topological polar surface area (TPSA) is 30.7 Å². The van der Waals surface area contributed by atoms with Crippen LogP contribution in [0, 0.1) is 0 Å². The molecule has 1 aromatic rings. The summed E-state index contributed by atoms with van der Waals surface area (Å²) in [7, 11) is 2.13. The number of piperidine rings is 1. The maximum absolute atomic E-state index is 11.9. The Kier molecular flexibility index (Phi) is 4.02. The molecule has 1 saturated heterocycles. The highest BCUT2D eigenvalue weighted by atomic mass is 35.5. The molecular weight excluding hydrogens is 238 g/mol. The summed E-state index contributed by atoms with van der Waals surface area (Å²) < 4.78 is 5.48. The van der Waals surface area contributed by atoms with E-state index in [1.807, 2.05) is 0 Å². The SMILES string of the molecule is C[NH+]1CCCC(OC(=O)c2ccc(Cl)cc2)C1. The molecule has 0 aliphatic carbocycles. The number of rotatable bonds is 2. The van der Waals surface area contributed by atoms with Gasteiger partial charge in [0.1, 0.15) is 6.54 Å². The maximum Gasteiger partial charge on any atom is 0.338 e. The number of carbonyl (C=O) groups excluding carboxylic acids is 1. The number of benzene rings is 1. The number of carbonyl (C=O) groups is 1. The molecule has 1 N–H and O–H groups in total. The first-order valence-corrected chi connectivity index (χ1v) is 6.31. The standard InChI is InChI=1S/C13H16ClNO2/c1-15-8-2-3-12(9-15)17-13(16)10-4-6-11(14)7-5-10/h4-7,12H,2-3,8-9H2,1H3/p+1. The molecule has 2 atom stereocenters. The molecule has 0 spiro atoms. The molecule has 92 valence electrons. The number of esters is 1. The highest BCUT2D eigenvalue weighted by Crippen LogP contribution is 2.12. The molecule has 0 radical (unpaired) electrons. The van der Waals surface area contributed by atoms with Gasteiger partial charge in [0.05, 0.1) is 19.2 Å². The van der Waals surface area contributed by atoms with Gasteiger partial charge in [0.15, 0.2) is 6.10 Å². The quantitative estimate of drug-likeness (QED) is 0.804. The summed E-state index contributed by atoms with van der Waals surface area (Å²) in [4.78, 5) is 13.3. The number of likely N-dealkylation sites (tertiary alicyclic amines) is 1. The third kappa shape index (κ3) is 3.45. The Hall–Kier alpha value is -1.06. The first kappa shape index (κ1) is 12.4. The number of halogens is 1. The third-order valence-corrected chi connectivity index (χ3v) is 3.31. The highest BCUT2D eigenvalue weighted by molar-refractivity contribution is 6.30. The van der Waals surface area contributed by atoms with Crippen LogP contribution < -0.4 is 4.90 Å². The van der Waals surface area contributed by atoms with E-state index in [2.05, 4.69) is 7.05 Å². The average Bonchev–Trinajstić information content (AvgIpc) is 2.29. The lowest BCUT2D eigenvalue weighted by atomic mass is 10.1. The van der Waals surface area contributed by atoms with Crippen molar-refractivity contribution in [3.05, 3.63) is 34.9 Å². The van der Waals surface area contributed by atoms with Gasteiger partial charge >= 0.3 is 5.97 Å². The van der Waals surface area contributed by atoms with Crippen molar-refractivity contribution in [2.45, 2.75) is 18.9 Å². The molecule has 0 amide bonds. The predicted molar refractivity (Wildman–Crippen MR) is 66.5 cm³/mol. The van der Waals surface area contributed by atoms with E-state index in [1.165, 1.54) is 4.90 Å². The van der Waals surface area contributed by atoms with E-state index in [4.69, 9.17) is 16.3 Å². The van der Waals surface area contributed by atoms with Crippen LogP contribution in [0.3, 0.4) is 0 Å². The van der Waals surface area contributed by atoms with Gasteiger partial charge in [-0.05, 0) is 30.7 Å². The number of hydrogen-bond acceptors (Lipinski definition) is 2. The second-order valence-electron chi connectivity index (χ2n) is 4.59. The van der Waals surface area contributed by atoms with Crippen LogP contribution in [0.1, 0.15) is 23.2 Å². The lowest BCUT2D eigenvalue weighted by Crippen LogP contribution is -3.11. The summed E-state index contributed by atoms with van der Waals surface area (Å²) >= 11 is 5.77. The molecule has 0 saturated carbocycles. The summed E-state index contributed by atoms with van der Waals surface area (Å²) in [6, 6.07) is 6.81. The Bertz CT molecular complexity index is 391. The molecule has 2 rings (SSSR count). The van der Waals surface area contributed by atoms with Crippen LogP contribution in [-0.4, -0.2) is 32.2 Å². The Morgan fingerprint density at radius 2 is 2.12 bits per heavy atom. The minimum Gasteiger partial charge on any atom is -0.453 e. The largest absolute Gasteiger partial charge is 0.453 e. The lowest BCUT2D eigenvalue weighted by Gasteiger charge is -2.26. The Balaban J connectivity index is 1.94. The zero-order valence-electron chi connectivity index (χ0n) is 9.91. The summed E-state index contributed by atoms with van der Waals surface area (Å²) in [5.41, 5.74) is 0.567. The first-order chi connectivity index (χ1) is 8.15. The fraction of sp³-hybridized carbons (Fsp3) is 0.462. The summed E-state index contributed by atoms with van der Waals surface area (Å²) in [5.74, 6) is -0.249. The lowest BCUT2D eigenvalue weighted by molar-refractivity contribution is -0.888. The molecule has 4 heteroatoms. The van der Waals surface area contributed by atoms with Crippen molar-refractivity contribution in [1.29, 1.82) is 0 Å². The van der Waals surface area contributed by atoms with Gasteiger partial charge in [0.25, 0.3) is 0 Å². The Morgan fingerprint density at radius 3 is 2.76 bits per heavy atom. The minimum atomic E-state index is -0.249. The van der Waals surface area contributed by atoms with E-state index in [-0.39, 0.29) is 12.1 Å². The molecule has 3 nitrogen and oxygen atoms in total. The van der Waals surface area contributed by atoms with E-state index in [0.29, 0.717) is 10.6 Å². The van der Waals surface area contributed by atoms with Gasteiger partial charge in [-0.25, -0.2) is 4.79 Å². The molecule has 1 fully saturated rings. The van der Waals surface area contributed by atoms with Crippen LogP contribution in [0.5, 0.6) is 0 Å². The summed E-state index contributed by atoms with van der Waals surface area (Å²) in [6.45, 7) is 2.06. The van der Waals surface area contributed by atoms with Crippen molar-refractivity contribution in [2.75, 3.05) is 20.1 Å². The fourth-order valence-corrected chi connectivity index (χ4v) is 2.26. The first-order valence-electron chi connectivity index (χ1n) is 5.93. The summed E-state index contributed by atoms with van der Waals surface area (Å²) in [6.07, 6.45) is 2.13. The van der Waals surface area contributed by atoms with Crippen molar-refractivity contribution < 1.29 is 14.4 Å². The Labute approximate surface area is 106 Å². The molecule has 0 bridgehead atoms. The molecule has 1 heterocycles. The van der Waals surface area contributed by atoms with Crippen LogP contribution in [0.2, 0.25) is 5.02 Å². The second kappa shape index (κ2) is 5.52. The van der Waals surface area contributed by atoms with E-state index in [1.54, 1.807) is 24.3 Å². The number of hydrogen-bond donors (Lipinski definition) is 1. The fourth-order valence-electron chi connectivity index (χ4n) is 2.13. The number of nitrogens with one attached hydrogen (secondary N) is 1. The van der Waals surface area contributed by atoms with Crippen molar-refractivity contribution in [3.63, 3.8) is 0 Å². The molecule has 17 heavy (non-hydrogen) atoms. The van der Waals surface area contributed by atoms with E-state index < -0.39 is 0 Å².